The van der Waals surface area contributed by atoms with Crippen molar-refractivity contribution in [1.29, 1.82) is 0 Å². The van der Waals surface area contributed by atoms with Gasteiger partial charge in [0.1, 0.15) is 16.2 Å². The first kappa shape index (κ1) is 13.2. The zero-order valence-corrected chi connectivity index (χ0v) is 11.7. The van der Waals surface area contributed by atoms with E-state index in [9.17, 15) is 4.39 Å². The van der Waals surface area contributed by atoms with Gasteiger partial charge in [-0.2, -0.15) is 0 Å². The molecule has 18 heavy (non-hydrogen) atoms. The van der Waals surface area contributed by atoms with Crippen molar-refractivity contribution in [3.05, 3.63) is 51.1 Å². The third kappa shape index (κ3) is 2.97. The first-order valence-corrected chi connectivity index (χ1v) is 6.45. The number of aryl methyl sites for hydroxylation is 1. The Balaban J connectivity index is 2.19. The predicted molar refractivity (Wildman–Crippen MR) is 73.0 cm³/mol. The van der Waals surface area contributed by atoms with Gasteiger partial charge in [-0.3, -0.25) is 0 Å². The van der Waals surface area contributed by atoms with Crippen LogP contribution < -0.4 is 5.73 Å². The molecule has 0 amide bonds. The molecule has 2 rings (SSSR count). The molecule has 6 heteroatoms. The van der Waals surface area contributed by atoms with Crippen molar-refractivity contribution in [2.24, 2.45) is 0 Å². The summed E-state index contributed by atoms with van der Waals surface area (Å²) in [6.07, 6.45) is 2.44. The number of anilines is 1. The summed E-state index contributed by atoms with van der Waals surface area (Å²) in [4.78, 5) is 8.19. The number of aromatic nitrogens is 2. The van der Waals surface area contributed by atoms with Gasteiger partial charge in [-0.15, -0.1) is 0 Å². The molecule has 3 nitrogen and oxygen atoms in total. The smallest absolute Gasteiger partial charge is 0.145 e. The molecule has 0 aliphatic carbocycles. The Labute approximate surface area is 117 Å². The van der Waals surface area contributed by atoms with Crippen molar-refractivity contribution >= 4 is 33.3 Å². The number of hydrogen-bond acceptors (Lipinski definition) is 3. The van der Waals surface area contributed by atoms with Gasteiger partial charge >= 0.3 is 0 Å². The van der Waals surface area contributed by atoms with Crippen molar-refractivity contribution in [2.75, 3.05) is 5.73 Å². The summed E-state index contributed by atoms with van der Waals surface area (Å²) in [5.74, 6) is 0.0367. The van der Waals surface area contributed by atoms with Crippen molar-refractivity contribution in [3.8, 4) is 0 Å². The fraction of sp³-hybridized carbons (Fsp3) is 0.167. The lowest BCUT2D eigenvalue weighted by Gasteiger charge is -2.07. The van der Waals surface area contributed by atoms with E-state index in [2.05, 4.69) is 25.9 Å². The number of nitrogen functional groups attached to an aromatic ring is 1. The van der Waals surface area contributed by atoms with Gasteiger partial charge in [0, 0.05) is 10.6 Å². The topological polar surface area (TPSA) is 51.8 Å². The molecule has 0 spiro atoms. The standard InChI is InChI=1S/C12H10BrClFN3/c13-11-6-17-12(16)10(18-11)5-4-7-8(14)2-1-3-9(7)15/h1-3,6H,4-5H2,(H2,16,17). The van der Waals surface area contributed by atoms with E-state index in [1.54, 1.807) is 12.1 Å². The van der Waals surface area contributed by atoms with Gasteiger partial charge < -0.3 is 5.73 Å². The molecule has 2 aromatic rings. The van der Waals surface area contributed by atoms with Gasteiger partial charge in [-0.25, -0.2) is 14.4 Å². The molecular formula is C12H10BrClFN3. The number of halogens is 3. The monoisotopic (exact) mass is 329 g/mol. The maximum atomic E-state index is 13.6. The maximum Gasteiger partial charge on any atom is 0.145 e. The van der Waals surface area contributed by atoms with Gasteiger partial charge in [0.05, 0.1) is 11.9 Å². The van der Waals surface area contributed by atoms with E-state index in [0.29, 0.717) is 39.5 Å². The number of benzene rings is 1. The van der Waals surface area contributed by atoms with Crippen molar-refractivity contribution in [2.45, 2.75) is 12.8 Å². The lowest BCUT2D eigenvalue weighted by Crippen LogP contribution is -2.04. The van der Waals surface area contributed by atoms with Crippen molar-refractivity contribution < 1.29 is 4.39 Å². The summed E-state index contributed by atoms with van der Waals surface area (Å²) in [6, 6.07) is 4.63. The highest BCUT2D eigenvalue weighted by Gasteiger charge is 2.09. The zero-order chi connectivity index (χ0) is 13.1. The quantitative estimate of drug-likeness (QED) is 0.938. The Kier molecular flexibility index (Phi) is 4.14. The van der Waals surface area contributed by atoms with E-state index in [1.807, 2.05) is 0 Å². The number of nitrogens with two attached hydrogens (primary N) is 1. The molecule has 0 aliphatic heterocycles. The molecule has 0 saturated carbocycles. The Morgan fingerprint density at radius 2 is 2.11 bits per heavy atom. The van der Waals surface area contributed by atoms with Crippen molar-refractivity contribution in [1.82, 2.24) is 9.97 Å². The number of nitrogens with zero attached hydrogens (tertiary/aromatic N) is 2. The Morgan fingerprint density at radius 3 is 2.83 bits per heavy atom. The molecule has 0 radical (unpaired) electrons. The molecule has 0 atom stereocenters. The molecule has 0 unspecified atom stereocenters. The van der Waals surface area contributed by atoms with Crippen LogP contribution in [0.3, 0.4) is 0 Å². The molecule has 0 fully saturated rings. The molecule has 1 aromatic heterocycles. The van der Waals surface area contributed by atoms with E-state index in [4.69, 9.17) is 17.3 Å². The second kappa shape index (κ2) is 5.63. The molecule has 1 heterocycles. The van der Waals surface area contributed by atoms with Crippen LogP contribution in [-0.2, 0) is 12.8 Å². The maximum absolute atomic E-state index is 13.6. The molecule has 2 N–H and O–H groups in total. The zero-order valence-electron chi connectivity index (χ0n) is 9.33. The van der Waals surface area contributed by atoms with Crippen LogP contribution in [0.15, 0.2) is 29.0 Å². The first-order chi connectivity index (χ1) is 8.58. The first-order valence-electron chi connectivity index (χ1n) is 5.27. The van der Waals surface area contributed by atoms with Crippen LogP contribution in [-0.4, -0.2) is 9.97 Å². The minimum Gasteiger partial charge on any atom is -0.382 e. The average molecular weight is 331 g/mol. The average Bonchev–Trinajstić information content (AvgIpc) is 2.33. The largest absolute Gasteiger partial charge is 0.382 e. The van der Waals surface area contributed by atoms with Gasteiger partial charge in [-0.05, 0) is 40.9 Å². The normalized spacial score (nSPS) is 10.6. The van der Waals surface area contributed by atoms with E-state index >= 15 is 0 Å². The van der Waals surface area contributed by atoms with E-state index in [0.717, 1.165) is 0 Å². The van der Waals surface area contributed by atoms with Crippen LogP contribution in [0.25, 0.3) is 0 Å². The van der Waals surface area contributed by atoms with Gasteiger partial charge in [0.15, 0.2) is 0 Å². The lowest BCUT2D eigenvalue weighted by molar-refractivity contribution is 0.608. The molecular weight excluding hydrogens is 321 g/mol. The van der Waals surface area contributed by atoms with Crippen LogP contribution in [0.4, 0.5) is 10.2 Å². The summed E-state index contributed by atoms with van der Waals surface area (Å²) < 4.78 is 14.2. The van der Waals surface area contributed by atoms with Crippen molar-refractivity contribution in [3.63, 3.8) is 0 Å². The number of hydrogen-bond donors (Lipinski definition) is 1. The second-order valence-electron chi connectivity index (χ2n) is 3.72. The Morgan fingerprint density at radius 1 is 1.33 bits per heavy atom. The SMILES string of the molecule is Nc1ncc(Br)nc1CCc1c(F)cccc1Cl. The van der Waals surface area contributed by atoms with Crippen LogP contribution >= 0.6 is 27.5 Å². The third-order valence-electron chi connectivity index (χ3n) is 2.52. The predicted octanol–water partition coefficient (Wildman–Crippen LogP) is 3.40. The Hall–Kier alpha value is -1.20. The van der Waals surface area contributed by atoms with Crippen LogP contribution in [0.1, 0.15) is 11.3 Å². The van der Waals surface area contributed by atoms with E-state index < -0.39 is 0 Å². The fourth-order valence-corrected chi connectivity index (χ4v) is 2.18. The second-order valence-corrected chi connectivity index (χ2v) is 4.94. The third-order valence-corrected chi connectivity index (χ3v) is 3.26. The number of rotatable bonds is 3. The highest BCUT2D eigenvalue weighted by molar-refractivity contribution is 9.10. The summed E-state index contributed by atoms with van der Waals surface area (Å²) in [5, 5.41) is 0.413. The minimum atomic E-state index is -0.316. The van der Waals surface area contributed by atoms with Crippen LogP contribution in [0.2, 0.25) is 5.02 Å². The lowest BCUT2D eigenvalue weighted by atomic mass is 10.1. The molecule has 94 valence electrons. The minimum absolute atomic E-state index is 0.316. The fourth-order valence-electron chi connectivity index (χ4n) is 1.61. The summed E-state index contributed by atoms with van der Waals surface area (Å²) in [5.41, 5.74) is 6.81. The summed E-state index contributed by atoms with van der Waals surface area (Å²) in [7, 11) is 0. The summed E-state index contributed by atoms with van der Waals surface area (Å²) in [6.45, 7) is 0. The van der Waals surface area contributed by atoms with E-state index in [-0.39, 0.29) is 5.82 Å². The molecule has 0 saturated heterocycles. The Bertz CT molecular complexity index is 557. The molecule has 0 bridgehead atoms. The van der Waals surface area contributed by atoms with Crippen LogP contribution in [0.5, 0.6) is 0 Å². The van der Waals surface area contributed by atoms with E-state index in [1.165, 1.54) is 12.3 Å². The van der Waals surface area contributed by atoms with Gasteiger partial charge in [0.25, 0.3) is 0 Å². The van der Waals surface area contributed by atoms with Gasteiger partial charge in [-0.1, -0.05) is 17.7 Å². The summed E-state index contributed by atoms with van der Waals surface area (Å²) >= 11 is 9.17. The highest BCUT2D eigenvalue weighted by atomic mass is 79.9. The highest BCUT2D eigenvalue weighted by Crippen LogP contribution is 2.21. The van der Waals surface area contributed by atoms with Crippen LogP contribution in [0, 0.1) is 5.82 Å². The molecule has 1 aromatic carbocycles. The van der Waals surface area contributed by atoms with Gasteiger partial charge in [0.2, 0.25) is 0 Å². The molecule has 0 aliphatic rings.